The third-order valence-electron chi connectivity index (χ3n) is 3.21. The van der Waals surface area contributed by atoms with E-state index in [1.54, 1.807) is 0 Å². The van der Waals surface area contributed by atoms with Crippen molar-refractivity contribution in [2.24, 2.45) is 11.3 Å². The van der Waals surface area contributed by atoms with Crippen LogP contribution in [0.15, 0.2) is 0 Å². The molecule has 0 heterocycles. The lowest BCUT2D eigenvalue weighted by molar-refractivity contribution is -0.127. The van der Waals surface area contributed by atoms with E-state index in [-0.39, 0.29) is 17.9 Å². The maximum absolute atomic E-state index is 11.4. The van der Waals surface area contributed by atoms with Gasteiger partial charge in [-0.15, -0.1) is 0 Å². The summed E-state index contributed by atoms with van der Waals surface area (Å²) in [6, 6.07) is 0. The van der Waals surface area contributed by atoms with Crippen molar-refractivity contribution in [2.45, 2.75) is 33.1 Å². The molecule has 11 heavy (non-hydrogen) atoms. The topological polar surface area (TPSA) is 37.3 Å². The molecular formula is C9H16O2. The molecule has 0 unspecified atom stereocenters. The van der Waals surface area contributed by atoms with Gasteiger partial charge in [0.25, 0.3) is 0 Å². The van der Waals surface area contributed by atoms with Crippen molar-refractivity contribution in [3.63, 3.8) is 0 Å². The van der Waals surface area contributed by atoms with Crippen molar-refractivity contribution >= 4 is 5.78 Å². The number of carbonyl (C=O) groups is 1. The van der Waals surface area contributed by atoms with Crippen molar-refractivity contribution in [2.75, 3.05) is 6.61 Å². The summed E-state index contributed by atoms with van der Waals surface area (Å²) in [5, 5.41) is 9.00. The number of Topliss-reactive ketones (excluding diaryl/α,β-unsaturated/α-hetero) is 1. The van der Waals surface area contributed by atoms with Crippen LogP contribution >= 0.6 is 0 Å². The molecule has 0 amide bonds. The minimum absolute atomic E-state index is 0.163. The van der Waals surface area contributed by atoms with Crippen LogP contribution in [0.3, 0.4) is 0 Å². The predicted molar refractivity (Wildman–Crippen MR) is 43.2 cm³/mol. The summed E-state index contributed by atoms with van der Waals surface area (Å²) in [4.78, 5) is 11.4. The summed E-state index contributed by atoms with van der Waals surface area (Å²) < 4.78 is 0. The predicted octanol–water partition coefficient (Wildman–Crippen LogP) is 1.37. The number of hydrogen-bond donors (Lipinski definition) is 1. The van der Waals surface area contributed by atoms with Crippen molar-refractivity contribution in [3.8, 4) is 0 Å². The van der Waals surface area contributed by atoms with Crippen molar-refractivity contribution in [1.29, 1.82) is 0 Å². The Morgan fingerprint density at radius 1 is 1.73 bits per heavy atom. The summed E-state index contributed by atoms with van der Waals surface area (Å²) in [5.41, 5.74) is -0.227. The highest BCUT2D eigenvalue weighted by atomic mass is 16.3. The lowest BCUT2D eigenvalue weighted by Gasteiger charge is -2.26. The number of aliphatic hydroxyl groups is 1. The summed E-state index contributed by atoms with van der Waals surface area (Å²) in [6.07, 6.45) is 2.40. The molecular weight excluding hydrogens is 140 g/mol. The molecule has 0 radical (unpaired) electrons. The highest BCUT2D eigenvalue weighted by Crippen LogP contribution is 2.42. The van der Waals surface area contributed by atoms with E-state index in [1.807, 2.05) is 13.8 Å². The molecule has 1 saturated carbocycles. The van der Waals surface area contributed by atoms with Crippen molar-refractivity contribution < 1.29 is 9.90 Å². The maximum Gasteiger partial charge on any atom is 0.139 e. The molecule has 1 aliphatic rings. The van der Waals surface area contributed by atoms with Gasteiger partial charge in [-0.3, -0.25) is 4.79 Å². The quantitative estimate of drug-likeness (QED) is 0.655. The summed E-state index contributed by atoms with van der Waals surface area (Å²) in [7, 11) is 0. The Morgan fingerprint density at radius 3 is 2.73 bits per heavy atom. The smallest absolute Gasteiger partial charge is 0.139 e. The SMILES string of the molecule is CC[C@@]1(C)C(=O)CC[C@H]1CO. The molecule has 2 atom stereocenters. The average Bonchev–Trinajstić information content (AvgIpc) is 2.30. The van der Waals surface area contributed by atoms with Gasteiger partial charge in [0.05, 0.1) is 0 Å². The third kappa shape index (κ3) is 1.20. The van der Waals surface area contributed by atoms with Crippen LogP contribution in [0.2, 0.25) is 0 Å². The zero-order chi connectivity index (χ0) is 8.48. The standard InChI is InChI=1S/C9H16O2/c1-3-9(2)7(6-10)4-5-8(9)11/h7,10H,3-6H2,1-2H3/t7-,9+/m0/s1. The van der Waals surface area contributed by atoms with Crippen LogP contribution in [-0.2, 0) is 4.79 Å². The van der Waals surface area contributed by atoms with Crippen LogP contribution in [0.5, 0.6) is 0 Å². The van der Waals surface area contributed by atoms with E-state index in [0.717, 1.165) is 12.8 Å². The second-order valence-corrected chi connectivity index (χ2v) is 3.61. The molecule has 2 nitrogen and oxygen atoms in total. The molecule has 0 aromatic carbocycles. The van der Waals surface area contributed by atoms with Crippen molar-refractivity contribution in [1.82, 2.24) is 0 Å². The fourth-order valence-electron chi connectivity index (χ4n) is 1.92. The second kappa shape index (κ2) is 2.94. The zero-order valence-corrected chi connectivity index (χ0v) is 7.26. The Bertz CT molecular complexity index is 165. The van der Waals surface area contributed by atoms with Gasteiger partial charge in [-0.25, -0.2) is 0 Å². The molecule has 64 valence electrons. The lowest BCUT2D eigenvalue weighted by atomic mass is 9.77. The van der Waals surface area contributed by atoms with Crippen molar-refractivity contribution in [3.05, 3.63) is 0 Å². The van der Waals surface area contributed by atoms with E-state index < -0.39 is 0 Å². The van der Waals surface area contributed by atoms with Gasteiger partial charge in [0, 0.05) is 18.4 Å². The van der Waals surface area contributed by atoms with Gasteiger partial charge in [0.1, 0.15) is 5.78 Å². The number of hydrogen-bond acceptors (Lipinski definition) is 2. The van der Waals surface area contributed by atoms with Crippen LogP contribution in [0.4, 0.5) is 0 Å². The largest absolute Gasteiger partial charge is 0.396 e. The minimum atomic E-state index is -0.227. The van der Waals surface area contributed by atoms with E-state index in [2.05, 4.69) is 0 Å². The summed E-state index contributed by atoms with van der Waals surface area (Å²) in [6.45, 7) is 4.16. The normalized spacial score (nSPS) is 38.1. The van der Waals surface area contributed by atoms with Gasteiger partial charge < -0.3 is 5.11 Å². The third-order valence-corrected chi connectivity index (χ3v) is 3.21. The second-order valence-electron chi connectivity index (χ2n) is 3.61. The van der Waals surface area contributed by atoms with Gasteiger partial charge in [-0.05, 0) is 18.8 Å². The number of rotatable bonds is 2. The Labute approximate surface area is 67.6 Å². The van der Waals surface area contributed by atoms with Crippen LogP contribution in [0, 0.1) is 11.3 Å². The van der Waals surface area contributed by atoms with Gasteiger partial charge >= 0.3 is 0 Å². The molecule has 1 fully saturated rings. The van der Waals surface area contributed by atoms with E-state index >= 15 is 0 Å². The van der Waals surface area contributed by atoms with Gasteiger partial charge in [-0.2, -0.15) is 0 Å². The molecule has 1 aliphatic carbocycles. The first-order valence-electron chi connectivity index (χ1n) is 4.29. The maximum atomic E-state index is 11.4. The van der Waals surface area contributed by atoms with Crippen LogP contribution in [0.1, 0.15) is 33.1 Å². The van der Waals surface area contributed by atoms with E-state index in [0.29, 0.717) is 12.2 Å². The molecule has 0 aromatic rings. The molecule has 0 saturated heterocycles. The van der Waals surface area contributed by atoms with Crippen LogP contribution < -0.4 is 0 Å². The first-order chi connectivity index (χ1) is 5.15. The van der Waals surface area contributed by atoms with Crippen LogP contribution in [0.25, 0.3) is 0 Å². The Kier molecular flexibility index (Phi) is 2.33. The molecule has 2 heteroatoms. The Balaban J connectivity index is 2.78. The minimum Gasteiger partial charge on any atom is -0.396 e. The number of aliphatic hydroxyl groups excluding tert-OH is 1. The van der Waals surface area contributed by atoms with Gasteiger partial charge in [0.2, 0.25) is 0 Å². The van der Waals surface area contributed by atoms with E-state index in [4.69, 9.17) is 5.11 Å². The summed E-state index contributed by atoms with van der Waals surface area (Å²) >= 11 is 0. The molecule has 1 N–H and O–H groups in total. The molecule has 0 aliphatic heterocycles. The molecule has 1 rings (SSSR count). The first-order valence-corrected chi connectivity index (χ1v) is 4.29. The van der Waals surface area contributed by atoms with Gasteiger partial charge in [-0.1, -0.05) is 13.8 Å². The molecule has 0 spiro atoms. The first kappa shape index (κ1) is 8.72. The van der Waals surface area contributed by atoms with E-state index in [1.165, 1.54) is 0 Å². The average molecular weight is 156 g/mol. The fraction of sp³-hybridized carbons (Fsp3) is 0.889. The molecule has 0 aromatic heterocycles. The van der Waals surface area contributed by atoms with Gasteiger partial charge in [0.15, 0.2) is 0 Å². The van der Waals surface area contributed by atoms with E-state index in [9.17, 15) is 4.79 Å². The zero-order valence-electron chi connectivity index (χ0n) is 7.26. The fourth-order valence-corrected chi connectivity index (χ4v) is 1.92. The Morgan fingerprint density at radius 2 is 2.36 bits per heavy atom. The van der Waals surface area contributed by atoms with Crippen LogP contribution in [-0.4, -0.2) is 17.5 Å². The number of ketones is 1. The Hall–Kier alpha value is -0.370. The summed E-state index contributed by atoms with van der Waals surface area (Å²) in [5.74, 6) is 0.541. The highest BCUT2D eigenvalue weighted by molar-refractivity contribution is 5.86. The number of carbonyl (C=O) groups excluding carboxylic acids is 1. The highest BCUT2D eigenvalue weighted by Gasteiger charge is 2.43. The monoisotopic (exact) mass is 156 g/mol. The lowest BCUT2D eigenvalue weighted by Crippen LogP contribution is -2.30. The molecule has 0 bridgehead atoms.